The Hall–Kier alpha value is -1.02. The van der Waals surface area contributed by atoms with E-state index in [0.717, 1.165) is 31.1 Å². The third kappa shape index (κ3) is 3.01. The van der Waals surface area contributed by atoms with Crippen molar-refractivity contribution in [2.45, 2.75) is 44.1 Å². The van der Waals surface area contributed by atoms with Crippen LogP contribution in [0, 0.1) is 5.92 Å². The van der Waals surface area contributed by atoms with Crippen molar-refractivity contribution < 1.29 is 4.74 Å². The van der Waals surface area contributed by atoms with Gasteiger partial charge in [0.15, 0.2) is 0 Å². The molecule has 0 aromatic heterocycles. The molecule has 1 aromatic carbocycles. The lowest BCUT2D eigenvalue weighted by Crippen LogP contribution is -2.22. The first-order valence-electron chi connectivity index (χ1n) is 6.75. The van der Waals surface area contributed by atoms with Crippen molar-refractivity contribution in [3.05, 3.63) is 29.8 Å². The second-order valence-corrected chi connectivity index (χ2v) is 5.72. The predicted octanol–water partition coefficient (Wildman–Crippen LogP) is 2.90. The van der Waals surface area contributed by atoms with Crippen LogP contribution in [0.15, 0.2) is 24.3 Å². The molecule has 3 rings (SSSR count). The molecule has 2 nitrogen and oxygen atoms in total. The van der Waals surface area contributed by atoms with Gasteiger partial charge in [0.1, 0.15) is 5.75 Å². The second-order valence-electron chi connectivity index (χ2n) is 5.72. The molecule has 2 saturated carbocycles. The number of ether oxygens (including phenoxy) is 1. The summed E-state index contributed by atoms with van der Waals surface area (Å²) in [4.78, 5) is 0. The normalized spacial score (nSPS) is 21.2. The van der Waals surface area contributed by atoms with E-state index >= 15 is 0 Å². The van der Waals surface area contributed by atoms with Crippen LogP contribution < -0.4 is 10.5 Å². The Balaban J connectivity index is 1.60. The first kappa shape index (κ1) is 11.1. The number of nitrogens with two attached hydrogens (primary N) is 1. The van der Waals surface area contributed by atoms with E-state index in [-0.39, 0.29) is 5.54 Å². The lowest BCUT2D eigenvalue weighted by atomic mass is 10.0. The highest BCUT2D eigenvalue weighted by Crippen LogP contribution is 2.37. The van der Waals surface area contributed by atoms with Crippen LogP contribution in [0.1, 0.15) is 37.7 Å². The van der Waals surface area contributed by atoms with Gasteiger partial charge in [-0.05, 0) is 56.1 Å². The van der Waals surface area contributed by atoms with Crippen molar-refractivity contribution in [1.29, 1.82) is 0 Å². The largest absolute Gasteiger partial charge is 0.493 e. The average Bonchev–Trinajstić information content (AvgIpc) is 3.23. The maximum absolute atomic E-state index is 6.14. The average molecular weight is 231 g/mol. The molecule has 0 unspecified atom stereocenters. The summed E-state index contributed by atoms with van der Waals surface area (Å²) in [5, 5.41) is 0. The van der Waals surface area contributed by atoms with Crippen LogP contribution in [0.25, 0.3) is 0 Å². The van der Waals surface area contributed by atoms with Gasteiger partial charge in [-0.25, -0.2) is 0 Å². The lowest BCUT2D eigenvalue weighted by molar-refractivity contribution is 0.296. The van der Waals surface area contributed by atoms with E-state index in [9.17, 15) is 0 Å². The third-order valence-electron chi connectivity index (χ3n) is 3.93. The topological polar surface area (TPSA) is 35.2 Å². The molecule has 2 aliphatic carbocycles. The molecule has 2 heteroatoms. The number of rotatable bonds is 6. The van der Waals surface area contributed by atoms with E-state index in [4.69, 9.17) is 10.5 Å². The summed E-state index contributed by atoms with van der Waals surface area (Å²) in [6.07, 6.45) is 7.21. The molecule has 17 heavy (non-hydrogen) atoms. The summed E-state index contributed by atoms with van der Waals surface area (Å²) >= 11 is 0. The highest BCUT2D eigenvalue weighted by molar-refractivity contribution is 5.33. The van der Waals surface area contributed by atoms with Crippen LogP contribution in [0.2, 0.25) is 0 Å². The summed E-state index contributed by atoms with van der Waals surface area (Å²) in [6.45, 7) is 0.894. The van der Waals surface area contributed by atoms with E-state index in [1.165, 1.54) is 31.2 Å². The summed E-state index contributed by atoms with van der Waals surface area (Å²) in [5.74, 6) is 1.89. The number of hydrogen-bond acceptors (Lipinski definition) is 2. The Morgan fingerprint density at radius 2 is 2.00 bits per heavy atom. The molecule has 0 saturated heterocycles. The zero-order chi connectivity index (χ0) is 11.7. The van der Waals surface area contributed by atoms with E-state index in [1.54, 1.807) is 0 Å². The highest BCUT2D eigenvalue weighted by atomic mass is 16.5. The molecule has 0 atom stereocenters. The molecule has 1 aromatic rings. The standard InChI is InChI=1S/C15H21NO/c16-15(9-10-15)8-7-13-3-1-2-4-14(13)17-11-12-5-6-12/h1-4,12H,5-11,16H2. The lowest BCUT2D eigenvalue weighted by Gasteiger charge is -2.13. The fourth-order valence-corrected chi connectivity index (χ4v) is 2.14. The van der Waals surface area contributed by atoms with Crippen LogP contribution in [0.3, 0.4) is 0 Å². The van der Waals surface area contributed by atoms with Gasteiger partial charge in [-0.1, -0.05) is 18.2 Å². The van der Waals surface area contributed by atoms with Crippen molar-refractivity contribution in [3.63, 3.8) is 0 Å². The van der Waals surface area contributed by atoms with Crippen LogP contribution in [0.5, 0.6) is 5.75 Å². The van der Waals surface area contributed by atoms with Crippen LogP contribution in [-0.2, 0) is 6.42 Å². The van der Waals surface area contributed by atoms with Gasteiger partial charge in [0, 0.05) is 5.54 Å². The van der Waals surface area contributed by atoms with Crippen LogP contribution in [-0.4, -0.2) is 12.1 Å². The first-order chi connectivity index (χ1) is 8.25. The quantitative estimate of drug-likeness (QED) is 0.817. The Labute approximate surface area is 103 Å². The van der Waals surface area contributed by atoms with Gasteiger partial charge in [-0.15, -0.1) is 0 Å². The first-order valence-corrected chi connectivity index (χ1v) is 6.75. The Morgan fingerprint density at radius 1 is 1.24 bits per heavy atom. The number of aryl methyl sites for hydroxylation is 1. The van der Waals surface area contributed by atoms with Crippen molar-refractivity contribution >= 4 is 0 Å². The molecule has 2 aliphatic rings. The van der Waals surface area contributed by atoms with Gasteiger partial charge in [0.25, 0.3) is 0 Å². The van der Waals surface area contributed by atoms with Crippen LogP contribution >= 0.6 is 0 Å². The molecular formula is C15H21NO. The van der Waals surface area contributed by atoms with Crippen molar-refractivity contribution in [1.82, 2.24) is 0 Å². The summed E-state index contributed by atoms with van der Waals surface area (Å²) in [5.41, 5.74) is 7.60. The second kappa shape index (κ2) is 4.34. The minimum absolute atomic E-state index is 0.142. The minimum atomic E-state index is 0.142. The van der Waals surface area contributed by atoms with E-state index in [2.05, 4.69) is 24.3 Å². The monoisotopic (exact) mass is 231 g/mol. The zero-order valence-electron chi connectivity index (χ0n) is 10.3. The Morgan fingerprint density at radius 3 is 2.71 bits per heavy atom. The summed E-state index contributed by atoms with van der Waals surface area (Å²) in [7, 11) is 0. The van der Waals surface area contributed by atoms with E-state index in [0.29, 0.717) is 0 Å². The molecule has 2 N–H and O–H groups in total. The van der Waals surface area contributed by atoms with Crippen molar-refractivity contribution in [2.24, 2.45) is 11.7 Å². The maximum Gasteiger partial charge on any atom is 0.122 e. The minimum Gasteiger partial charge on any atom is -0.493 e. The number of para-hydroxylation sites is 1. The molecule has 0 aliphatic heterocycles. The van der Waals surface area contributed by atoms with Gasteiger partial charge in [0.2, 0.25) is 0 Å². The molecule has 0 radical (unpaired) electrons. The molecule has 92 valence electrons. The highest BCUT2D eigenvalue weighted by Gasteiger charge is 2.37. The number of hydrogen-bond donors (Lipinski definition) is 1. The van der Waals surface area contributed by atoms with Crippen LogP contribution in [0.4, 0.5) is 0 Å². The smallest absolute Gasteiger partial charge is 0.122 e. The fraction of sp³-hybridized carbons (Fsp3) is 0.600. The summed E-state index contributed by atoms with van der Waals surface area (Å²) < 4.78 is 5.91. The summed E-state index contributed by atoms with van der Waals surface area (Å²) in [6, 6.07) is 8.41. The maximum atomic E-state index is 6.14. The molecule has 0 spiro atoms. The Bertz CT molecular complexity index is 394. The molecule has 0 bridgehead atoms. The van der Waals surface area contributed by atoms with E-state index < -0.39 is 0 Å². The van der Waals surface area contributed by atoms with Gasteiger partial charge in [0.05, 0.1) is 6.61 Å². The van der Waals surface area contributed by atoms with E-state index in [1.807, 2.05) is 0 Å². The van der Waals surface area contributed by atoms with Gasteiger partial charge >= 0.3 is 0 Å². The van der Waals surface area contributed by atoms with Gasteiger partial charge in [-0.2, -0.15) is 0 Å². The SMILES string of the molecule is NC1(CCc2ccccc2OCC2CC2)CC1. The van der Waals surface area contributed by atoms with Gasteiger partial charge in [-0.3, -0.25) is 0 Å². The Kier molecular flexibility index (Phi) is 2.83. The predicted molar refractivity (Wildman–Crippen MR) is 69.1 cm³/mol. The zero-order valence-corrected chi connectivity index (χ0v) is 10.3. The van der Waals surface area contributed by atoms with Crippen molar-refractivity contribution in [3.8, 4) is 5.75 Å². The van der Waals surface area contributed by atoms with Crippen molar-refractivity contribution in [2.75, 3.05) is 6.61 Å². The third-order valence-corrected chi connectivity index (χ3v) is 3.93. The molecule has 2 fully saturated rings. The number of benzene rings is 1. The molecule has 0 amide bonds. The molecular weight excluding hydrogens is 210 g/mol. The van der Waals surface area contributed by atoms with Gasteiger partial charge < -0.3 is 10.5 Å². The fourth-order valence-electron chi connectivity index (χ4n) is 2.14. The molecule has 0 heterocycles.